The van der Waals surface area contributed by atoms with Gasteiger partial charge in [0.2, 0.25) is 5.91 Å². The highest BCUT2D eigenvalue weighted by molar-refractivity contribution is 5.81. The van der Waals surface area contributed by atoms with Gasteiger partial charge in [0, 0.05) is 59.9 Å². The second-order valence-electron chi connectivity index (χ2n) is 7.58. The van der Waals surface area contributed by atoms with Crippen molar-refractivity contribution in [1.82, 2.24) is 15.1 Å². The monoisotopic (exact) mass is 352 g/mol. The normalized spacial score (nSPS) is 22.8. The fourth-order valence-corrected chi connectivity index (χ4v) is 3.76. The largest absolute Gasteiger partial charge is 0.381 e. The number of aliphatic imine (C=N–C) groups is 1. The third-order valence-electron chi connectivity index (χ3n) is 5.42. The molecule has 1 N–H and O–H groups in total. The number of likely N-dealkylation sites (tertiary alicyclic amines) is 1. The smallest absolute Gasteiger partial charge is 0.224 e. The van der Waals surface area contributed by atoms with E-state index in [1.54, 1.807) is 7.05 Å². The van der Waals surface area contributed by atoms with Crippen molar-refractivity contribution in [3.63, 3.8) is 0 Å². The Morgan fingerprint density at radius 3 is 2.76 bits per heavy atom. The first-order chi connectivity index (χ1) is 12.1. The minimum atomic E-state index is 0.263. The molecule has 6 heteroatoms. The highest BCUT2D eigenvalue weighted by atomic mass is 16.5. The molecule has 0 aromatic heterocycles. The third kappa shape index (κ3) is 6.84. The molecule has 2 fully saturated rings. The van der Waals surface area contributed by atoms with E-state index in [1.165, 1.54) is 25.7 Å². The van der Waals surface area contributed by atoms with Crippen LogP contribution in [0.1, 0.15) is 45.4 Å². The fraction of sp³-hybridized carbons (Fsp3) is 0.895. The molecule has 2 aliphatic heterocycles. The Morgan fingerprint density at radius 2 is 2.08 bits per heavy atom. The molecule has 1 atom stereocenters. The lowest BCUT2D eigenvalue weighted by molar-refractivity contribution is -0.132. The second kappa shape index (κ2) is 10.6. The Labute approximate surface area is 153 Å². The van der Waals surface area contributed by atoms with Crippen molar-refractivity contribution >= 4 is 11.9 Å². The van der Waals surface area contributed by atoms with Crippen LogP contribution in [0.25, 0.3) is 0 Å². The first-order valence-electron chi connectivity index (χ1n) is 9.87. The summed E-state index contributed by atoms with van der Waals surface area (Å²) in [6.07, 6.45) is 6.43. The Kier molecular flexibility index (Phi) is 8.52. The van der Waals surface area contributed by atoms with Crippen molar-refractivity contribution in [3.05, 3.63) is 0 Å². The zero-order valence-electron chi connectivity index (χ0n) is 16.3. The Bertz CT molecular complexity index is 435. The van der Waals surface area contributed by atoms with E-state index in [2.05, 4.69) is 29.2 Å². The van der Waals surface area contributed by atoms with Gasteiger partial charge in [0.1, 0.15) is 0 Å². The molecule has 6 nitrogen and oxygen atoms in total. The molecule has 25 heavy (non-hydrogen) atoms. The topological polar surface area (TPSA) is 57.2 Å². The highest BCUT2D eigenvalue weighted by Crippen LogP contribution is 2.18. The van der Waals surface area contributed by atoms with Crippen LogP contribution < -0.4 is 5.32 Å². The predicted molar refractivity (Wildman–Crippen MR) is 102 cm³/mol. The van der Waals surface area contributed by atoms with Crippen LogP contribution in [0.15, 0.2) is 4.99 Å². The number of nitrogens with one attached hydrogen (secondary N) is 1. The van der Waals surface area contributed by atoms with Crippen LogP contribution in [0.4, 0.5) is 0 Å². The lowest BCUT2D eigenvalue weighted by Crippen LogP contribution is -2.43. The molecule has 0 aromatic rings. The maximum atomic E-state index is 12.3. The third-order valence-corrected chi connectivity index (χ3v) is 5.42. The molecule has 144 valence electrons. The van der Waals surface area contributed by atoms with Gasteiger partial charge >= 0.3 is 0 Å². The van der Waals surface area contributed by atoms with Crippen LogP contribution >= 0.6 is 0 Å². The zero-order valence-corrected chi connectivity index (χ0v) is 16.3. The average molecular weight is 353 g/mol. The summed E-state index contributed by atoms with van der Waals surface area (Å²) >= 11 is 0. The van der Waals surface area contributed by atoms with Gasteiger partial charge in [-0.2, -0.15) is 0 Å². The zero-order chi connectivity index (χ0) is 18.1. The van der Waals surface area contributed by atoms with Crippen LogP contribution in [0.5, 0.6) is 0 Å². The maximum absolute atomic E-state index is 12.3. The van der Waals surface area contributed by atoms with E-state index in [0.29, 0.717) is 18.9 Å². The van der Waals surface area contributed by atoms with Crippen molar-refractivity contribution in [1.29, 1.82) is 0 Å². The number of hydrogen-bond donors (Lipinski definition) is 1. The average Bonchev–Trinajstić information content (AvgIpc) is 2.64. The molecule has 0 aliphatic carbocycles. The van der Waals surface area contributed by atoms with Gasteiger partial charge in [0.05, 0.1) is 0 Å². The van der Waals surface area contributed by atoms with Gasteiger partial charge in [-0.3, -0.25) is 9.79 Å². The Hall–Kier alpha value is -1.30. The standard InChI is InChI=1S/C19H36N4O2/c1-16-5-4-11-23(15-16)18(24)6-10-21-19(20-2)22(3)12-7-17-8-13-25-14-9-17/h16-17H,4-15H2,1-3H3,(H,20,21). The fourth-order valence-electron chi connectivity index (χ4n) is 3.76. The number of piperidine rings is 1. The van der Waals surface area contributed by atoms with Crippen LogP contribution in [-0.4, -0.2) is 75.2 Å². The number of nitrogens with zero attached hydrogens (tertiary/aromatic N) is 3. The number of hydrogen-bond acceptors (Lipinski definition) is 3. The summed E-state index contributed by atoms with van der Waals surface area (Å²) in [5.74, 6) is 2.54. The van der Waals surface area contributed by atoms with E-state index in [-0.39, 0.29) is 5.91 Å². The number of carbonyl (C=O) groups excluding carboxylic acids is 1. The molecule has 0 saturated carbocycles. The molecule has 0 spiro atoms. The molecule has 0 aromatic carbocycles. The summed E-state index contributed by atoms with van der Waals surface area (Å²) in [5, 5.41) is 3.34. The van der Waals surface area contributed by atoms with Crippen molar-refractivity contribution in [3.8, 4) is 0 Å². The van der Waals surface area contributed by atoms with Crippen molar-refractivity contribution in [2.45, 2.75) is 45.4 Å². The molecule has 1 unspecified atom stereocenters. The maximum Gasteiger partial charge on any atom is 0.224 e. The van der Waals surface area contributed by atoms with Crippen molar-refractivity contribution in [2.75, 3.05) is 53.5 Å². The van der Waals surface area contributed by atoms with Crippen LogP contribution in [-0.2, 0) is 9.53 Å². The van der Waals surface area contributed by atoms with Crippen LogP contribution in [0.3, 0.4) is 0 Å². The molecule has 2 heterocycles. The minimum absolute atomic E-state index is 0.263. The summed E-state index contributed by atoms with van der Waals surface area (Å²) in [4.78, 5) is 20.9. The van der Waals surface area contributed by atoms with Crippen LogP contribution in [0, 0.1) is 11.8 Å². The lowest BCUT2D eigenvalue weighted by atomic mass is 9.96. The molecular weight excluding hydrogens is 316 g/mol. The number of amides is 1. The SMILES string of the molecule is CN=C(NCCC(=O)N1CCCC(C)C1)N(C)CCC1CCOCC1. The van der Waals surface area contributed by atoms with E-state index in [1.807, 2.05) is 4.90 Å². The number of ether oxygens (including phenoxy) is 1. The molecule has 0 bridgehead atoms. The van der Waals surface area contributed by atoms with Crippen molar-refractivity contribution < 1.29 is 9.53 Å². The van der Waals surface area contributed by atoms with Gasteiger partial charge in [0.25, 0.3) is 0 Å². The van der Waals surface area contributed by atoms with Crippen molar-refractivity contribution in [2.24, 2.45) is 16.8 Å². The molecule has 0 radical (unpaired) electrons. The quantitative estimate of drug-likeness (QED) is 0.586. The minimum Gasteiger partial charge on any atom is -0.381 e. The van der Waals surface area contributed by atoms with Gasteiger partial charge in [0.15, 0.2) is 5.96 Å². The van der Waals surface area contributed by atoms with E-state index in [4.69, 9.17) is 4.74 Å². The molecule has 2 rings (SSSR count). The lowest BCUT2D eigenvalue weighted by Gasteiger charge is -2.31. The molecular formula is C19H36N4O2. The number of rotatable bonds is 6. The summed E-state index contributed by atoms with van der Waals surface area (Å²) < 4.78 is 5.42. The summed E-state index contributed by atoms with van der Waals surface area (Å²) in [5.41, 5.74) is 0. The highest BCUT2D eigenvalue weighted by Gasteiger charge is 2.20. The van der Waals surface area contributed by atoms with E-state index < -0.39 is 0 Å². The summed E-state index contributed by atoms with van der Waals surface area (Å²) in [7, 11) is 3.88. The second-order valence-corrected chi connectivity index (χ2v) is 7.58. The van der Waals surface area contributed by atoms with Gasteiger partial charge in [-0.1, -0.05) is 6.92 Å². The number of carbonyl (C=O) groups is 1. The van der Waals surface area contributed by atoms with Crippen LogP contribution in [0.2, 0.25) is 0 Å². The molecule has 2 aliphatic rings. The van der Waals surface area contributed by atoms with Gasteiger partial charge in [-0.05, 0) is 43.9 Å². The predicted octanol–water partition coefficient (Wildman–Crippen LogP) is 1.96. The Morgan fingerprint density at radius 1 is 1.32 bits per heavy atom. The van der Waals surface area contributed by atoms with E-state index in [0.717, 1.165) is 51.1 Å². The Balaban J connectivity index is 1.65. The first kappa shape index (κ1) is 20.0. The molecule has 2 saturated heterocycles. The summed E-state index contributed by atoms with van der Waals surface area (Å²) in [6.45, 7) is 7.51. The summed E-state index contributed by atoms with van der Waals surface area (Å²) in [6, 6.07) is 0. The van der Waals surface area contributed by atoms with Gasteiger partial charge in [-0.15, -0.1) is 0 Å². The van der Waals surface area contributed by atoms with E-state index >= 15 is 0 Å². The first-order valence-corrected chi connectivity index (χ1v) is 9.87. The molecule has 1 amide bonds. The number of guanidine groups is 1. The van der Waals surface area contributed by atoms with Gasteiger partial charge in [-0.25, -0.2) is 0 Å². The van der Waals surface area contributed by atoms with E-state index in [9.17, 15) is 4.79 Å². The van der Waals surface area contributed by atoms with Gasteiger partial charge < -0.3 is 19.9 Å².